The molecule has 3 aliphatic heterocycles. The van der Waals surface area contributed by atoms with Crippen molar-refractivity contribution in [1.29, 1.82) is 0 Å². The molecular formula is C23H25ClF2N6O3. The first kappa shape index (κ1) is 22.5. The third kappa shape index (κ3) is 3.71. The average Bonchev–Trinajstić information content (AvgIpc) is 3.44. The van der Waals surface area contributed by atoms with Gasteiger partial charge in [0.05, 0.1) is 18.8 Å². The minimum absolute atomic E-state index is 0.0563. The lowest BCUT2D eigenvalue weighted by molar-refractivity contribution is -0.152. The molecule has 1 aliphatic carbocycles. The maximum atomic E-state index is 14.1. The summed E-state index contributed by atoms with van der Waals surface area (Å²) >= 11 is 6.25. The van der Waals surface area contributed by atoms with Crippen molar-refractivity contribution in [3.05, 3.63) is 34.6 Å². The van der Waals surface area contributed by atoms with Gasteiger partial charge < -0.3 is 14.5 Å². The Hall–Kier alpha value is -2.95. The number of hydrogen-bond acceptors (Lipinski definition) is 6. The van der Waals surface area contributed by atoms with Gasteiger partial charge >= 0.3 is 6.09 Å². The van der Waals surface area contributed by atoms with E-state index in [4.69, 9.17) is 16.3 Å². The number of halogens is 3. The maximum Gasteiger partial charge on any atom is 0.410 e. The highest BCUT2D eigenvalue weighted by molar-refractivity contribution is 6.30. The molecular weight excluding hydrogens is 482 g/mol. The molecule has 2 saturated heterocycles. The first-order valence-corrected chi connectivity index (χ1v) is 12.1. The number of hydrogen-bond donors (Lipinski definition) is 0. The number of benzene rings is 1. The molecule has 3 fully saturated rings. The van der Waals surface area contributed by atoms with Crippen LogP contribution < -0.4 is 4.90 Å². The SMILES string of the molecule is C[C@@H](CF)OC(=O)N1Cc2cc(Cl)ccc2-n2c(nnc2N2CC3(CN(C(=O)C4(F)CC4)C3)C2)C1. The average molecular weight is 507 g/mol. The van der Waals surface area contributed by atoms with E-state index < -0.39 is 24.5 Å². The van der Waals surface area contributed by atoms with E-state index in [9.17, 15) is 18.4 Å². The highest BCUT2D eigenvalue weighted by Gasteiger charge is 2.60. The minimum atomic E-state index is -1.63. The van der Waals surface area contributed by atoms with Crippen LogP contribution in [0.15, 0.2) is 18.2 Å². The smallest absolute Gasteiger partial charge is 0.410 e. The Bertz CT molecular complexity index is 1200. The van der Waals surface area contributed by atoms with Crippen LogP contribution in [0.4, 0.5) is 19.5 Å². The number of carbonyl (C=O) groups is 2. The summed E-state index contributed by atoms with van der Waals surface area (Å²) in [6.45, 7) is 3.54. The topological polar surface area (TPSA) is 83.8 Å². The van der Waals surface area contributed by atoms with Gasteiger partial charge in [0.25, 0.3) is 5.91 Å². The van der Waals surface area contributed by atoms with Gasteiger partial charge in [-0.3, -0.25) is 14.3 Å². The first-order chi connectivity index (χ1) is 16.7. The summed E-state index contributed by atoms with van der Waals surface area (Å²) in [5.74, 6) is 0.804. The molecule has 0 N–H and O–H groups in total. The lowest BCUT2D eigenvalue weighted by Crippen LogP contribution is -2.74. The molecule has 12 heteroatoms. The van der Waals surface area contributed by atoms with Gasteiger partial charge in [-0.05, 0) is 43.5 Å². The molecule has 35 heavy (non-hydrogen) atoms. The maximum absolute atomic E-state index is 14.1. The third-order valence-electron chi connectivity index (χ3n) is 7.21. The van der Waals surface area contributed by atoms with Crippen LogP contribution in [0.5, 0.6) is 0 Å². The van der Waals surface area contributed by atoms with Crippen LogP contribution in [0.25, 0.3) is 5.69 Å². The fourth-order valence-corrected chi connectivity index (χ4v) is 5.41. The second kappa shape index (κ2) is 7.78. The molecule has 1 spiro atoms. The number of ether oxygens (including phenoxy) is 1. The van der Waals surface area contributed by atoms with Crippen molar-refractivity contribution in [1.82, 2.24) is 24.6 Å². The molecule has 2 aromatic rings. The predicted molar refractivity (Wildman–Crippen MR) is 122 cm³/mol. The number of anilines is 1. The van der Waals surface area contributed by atoms with E-state index in [0.717, 1.165) is 11.3 Å². The zero-order valence-electron chi connectivity index (χ0n) is 19.2. The molecule has 186 valence electrons. The van der Waals surface area contributed by atoms with Crippen LogP contribution in [0, 0.1) is 5.41 Å². The lowest BCUT2D eigenvalue weighted by atomic mass is 9.72. The molecule has 0 radical (unpaired) electrons. The summed E-state index contributed by atoms with van der Waals surface area (Å²) in [6.07, 6.45) is -0.832. The van der Waals surface area contributed by atoms with Gasteiger partial charge in [-0.25, -0.2) is 13.6 Å². The monoisotopic (exact) mass is 506 g/mol. The summed E-state index contributed by atoms with van der Waals surface area (Å²) in [5.41, 5.74) is -0.0950. The van der Waals surface area contributed by atoms with Crippen molar-refractivity contribution in [3.8, 4) is 5.69 Å². The molecule has 1 aromatic carbocycles. The van der Waals surface area contributed by atoms with Crippen LogP contribution in [-0.2, 0) is 22.6 Å². The summed E-state index contributed by atoms with van der Waals surface area (Å²) in [5, 5.41) is 9.28. The van der Waals surface area contributed by atoms with Crippen molar-refractivity contribution in [2.24, 2.45) is 5.41 Å². The van der Waals surface area contributed by atoms with Gasteiger partial charge in [0.2, 0.25) is 5.95 Å². The van der Waals surface area contributed by atoms with Crippen LogP contribution in [0.3, 0.4) is 0 Å². The standard InChI is InChI=1S/C23H25ClF2N6O3/c1-14(7-25)35-21(34)29-8-15-6-16(24)2-3-17(15)32-18(9-29)27-28-20(32)31-12-22(13-31)10-30(11-22)19(33)23(26)4-5-23/h2-3,6,14H,4-5,7-13H2,1H3/t14-/m0/s1. The van der Waals surface area contributed by atoms with Crippen molar-refractivity contribution >= 4 is 29.5 Å². The number of likely N-dealkylation sites (tertiary alicyclic amines) is 1. The number of alkyl halides is 2. The highest BCUT2D eigenvalue weighted by Crippen LogP contribution is 2.47. The molecule has 1 aromatic heterocycles. The minimum Gasteiger partial charge on any atom is -0.444 e. The first-order valence-electron chi connectivity index (χ1n) is 11.7. The number of nitrogens with zero attached hydrogens (tertiary/aromatic N) is 6. The van der Waals surface area contributed by atoms with Crippen LogP contribution >= 0.6 is 11.6 Å². The molecule has 2 amide bonds. The summed E-state index contributed by atoms with van der Waals surface area (Å²) < 4.78 is 34.1. The van der Waals surface area contributed by atoms with Crippen LogP contribution in [-0.4, -0.2) is 81.2 Å². The molecule has 4 aliphatic rings. The van der Waals surface area contributed by atoms with Crippen LogP contribution in [0.1, 0.15) is 31.2 Å². The van der Waals surface area contributed by atoms with Gasteiger partial charge in [-0.1, -0.05) is 11.6 Å². The van der Waals surface area contributed by atoms with E-state index in [-0.39, 0.29) is 24.4 Å². The molecule has 9 nitrogen and oxygen atoms in total. The second-order valence-corrected chi connectivity index (χ2v) is 10.6. The fraction of sp³-hybridized carbons (Fsp3) is 0.565. The van der Waals surface area contributed by atoms with E-state index in [0.29, 0.717) is 55.8 Å². The predicted octanol–water partition coefficient (Wildman–Crippen LogP) is 2.88. The molecule has 0 unspecified atom stereocenters. The summed E-state index contributed by atoms with van der Waals surface area (Å²) in [7, 11) is 0. The van der Waals surface area contributed by atoms with E-state index in [1.807, 2.05) is 10.6 Å². The Morgan fingerprint density at radius 3 is 2.57 bits per heavy atom. The van der Waals surface area contributed by atoms with Gasteiger partial charge in [0.15, 0.2) is 11.5 Å². The zero-order valence-corrected chi connectivity index (χ0v) is 20.0. The Balaban J connectivity index is 1.23. The van der Waals surface area contributed by atoms with E-state index in [2.05, 4.69) is 15.1 Å². The molecule has 0 bridgehead atoms. The van der Waals surface area contributed by atoms with Gasteiger partial charge in [-0.15, -0.1) is 10.2 Å². The Labute approximate surface area is 205 Å². The third-order valence-corrected chi connectivity index (χ3v) is 7.45. The van der Waals surface area contributed by atoms with Gasteiger partial charge in [0.1, 0.15) is 12.8 Å². The Kier molecular flexibility index (Phi) is 5.00. The second-order valence-electron chi connectivity index (χ2n) is 10.2. The number of aromatic nitrogens is 3. The van der Waals surface area contributed by atoms with Gasteiger partial charge in [0, 0.05) is 36.6 Å². The van der Waals surface area contributed by atoms with E-state index in [1.165, 1.54) is 11.8 Å². The van der Waals surface area contributed by atoms with E-state index in [1.54, 1.807) is 17.0 Å². The largest absolute Gasteiger partial charge is 0.444 e. The highest BCUT2D eigenvalue weighted by atomic mass is 35.5. The van der Waals surface area contributed by atoms with Crippen molar-refractivity contribution in [2.75, 3.05) is 37.8 Å². The van der Waals surface area contributed by atoms with Crippen molar-refractivity contribution < 1.29 is 23.1 Å². The van der Waals surface area contributed by atoms with Crippen molar-refractivity contribution in [3.63, 3.8) is 0 Å². The number of fused-ring (bicyclic) bond motifs is 3. The normalized spacial score (nSPS) is 21.9. The van der Waals surface area contributed by atoms with Crippen molar-refractivity contribution in [2.45, 2.75) is 44.6 Å². The summed E-state index contributed by atoms with van der Waals surface area (Å²) in [6, 6.07) is 5.42. The summed E-state index contributed by atoms with van der Waals surface area (Å²) in [4.78, 5) is 30.1. The number of carbonyl (C=O) groups excluding carboxylic acids is 2. The number of amides is 2. The molecule has 1 atom stereocenters. The van der Waals surface area contributed by atoms with Crippen LogP contribution in [0.2, 0.25) is 5.02 Å². The number of rotatable bonds is 4. The Morgan fingerprint density at radius 1 is 1.14 bits per heavy atom. The molecule has 4 heterocycles. The quantitative estimate of drug-likeness (QED) is 0.634. The lowest BCUT2D eigenvalue weighted by Gasteiger charge is -2.60. The Morgan fingerprint density at radius 2 is 1.89 bits per heavy atom. The molecule has 1 saturated carbocycles. The molecule has 6 rings (SSSR count). The van der Waals surface area contributed by atoms with Gasteiger partial charge in [-0.2, -0.15) is 0 Å². The fourth-order valence-electron chi connectivity index (χ4n) is 5.22. The van der Waals surface area contributed by atoms with E-state index >= 15 is 0 Å². The zero-order chi connectivity index (χ0) is 24.5.